The van der Waals surface area contributed by atoms with Gasteiger partial charge in [0.2, 0.25) is 0 Å². The Balaban J connectivity index is 2.05. The highest BCUT2D eigenvalue weighted by molar-refractivity contribution is 5.70. The fourth-order valence-corrected chi connectivity index (χ4v) is 1.99. The van der Waals surface area contributed by atoms with E-state index in [2.05, 4.69) is 25.7 Å². The molecule has 0 saturated heterocycles. The lowest BCUT2D eigenvalue weighted by Crippen LogP contribution is -1.99. The number of imidazole rings is 1. The highest BCUT2D eigenvalue weighted by Gasteiger charge is 2.10. The van der Waals surface area contributed by atoms with Crippen LogP contribution in [0.25, 0.3) is 16.9 Å². The quantitative estimate of drug-likeness (QED) is 0.745. The van der Waals surface area contributed by atoms with Gasteiger partial charge in [0, 0.05) is 50.6 Å². The van der Waals surface area contributed by atoms with E-state index in [0.29, 0.717) is 5.82 Å². The van der Waals surface area contributed by atoms with Gasteiger partial charge in [-0.2, -0.15) is 5.10 Å². The first-order valence-electron chi connectivity index (χ1n) is 6.19. The van der Waals surface area contributed by atoms with Crippen molar-refractivity contribution in [1.82, 2.24) is 29.5 Å². The average molecular weight is 269 g/mol. The summed E-state index contributed by atoms with van der Waals surface area (Å²) in [7, 11) is 3.73. The predicted molar refractivity (Wildman–Crippen MR) is 77.0 cm³/mol. The molecule has 0 aliphatic carbocycles. The molecule has 0 aliphatic rings. The van der Waals surface area contributed by atoms with Crippen molar-refractivity contribution < 1.29 is 0 Å². The number of anilines is 1. The molecule has 0 aliphatic heterocycles. The van der Waals surface area contributed by atoms with E-state index < -0.39 is 0 Å². The van der Waals surface area contributed by atoms with Crippen LogP contribution in [-0.4, -0.2) is 31.2 Å². The molecule has 3 rings (SSSR count). The Bertz CT molecular complexity index is 753. The molecule has 0 fully saturated rings. The monoisotopic (exact) mass is 269 g/mol. The van der Waals surface area contributed by atoms with Crippen molar-refractivity contribution >= 4 is 11.5 Å². The van der Waals surface area contributed by atoms with Gasteiger partial charge < -0.3 is 10.6 Å². The number of aromatic nitrogens is 5. The summed E-state index contributed by atoms with van der Waals surface area (Å²) in [5, 5.41) is 10.2. The second-order valence-electron chi connectivity index (χ2n) is 4.28. The van der Waals surface area contributed by atoms with Gasteiger partial charge in [-0.1, -0.05) is 0 Å². The molecule has 3 aromatic rings. The van der Waals surface area contributed by atoms with Crippen molar-refractivity contribution in [2.75, 3.05) is 12.4 Å². The van der Waals surface area contributed by atoms with Crippen molar-refractivity contribution in [2.45, 2.75) is 0 Å². The van der Waals surface area contributed by atoms with Gasteiger partial charge in [-0.25, -0.2) is 9.97 Å². The van der Waals surface area contributed by atoms with Gasteiger partial charge in [-0.05, 0) is 0 Å². The zero-order valence-corrected chi connectivity index (χ0v) is 11.3. The van der Waals surface area contributed by atoms with Crippen molar-refractivity contribution in [3.8, 4) is 11.3 Å². The molecule has 0 unspecified atom stereocenters. The highest BCUT2D eigenvalue weighted by Crippen LogP contribution is 2.22. The van der Waals surface area contributed by atoms with E-state index in [9.17, 15) is 0 Å². The normalized spacial score (nSPS) is 11.3. The van der Waals surface area contributed by atoms with Crippen LogP contribution in [0.3, 0.4) is 0 Å². The lowest BCUT2D eigenvalue weighted by atomic mass is 10.3. The number of hydrogen-bond acceptors (Lipinski definition) is 5. The van der Waals surface area contributed by atoms with Gasteiger partial charge in [-0.3, -0.25) is 9.08 Å². The number of rotatable bonds is 4. The topological polar surface area (TPSA) is 72.1 Å². The van der Waals surface area contributed by atoms with Gasteiger partial charge >= 0.3 is 0 Å². The van der Waals surface area contributed by atoms with Crippen LogP contribution < -0.4 is 10.6 Å². The van der Waals surface area contributed by atoms with E-state index in [0.717, 1.165) is 16.9 Å². The molecule has 7 heteroatoms. The van der Waals surface area contributed by atoms with Gasteiger partial charge in [0.15, 0.2) is 11.5 Å². The Labute approximate surface area is 116 Å². The number of aryl methyl sites for hydroxylation is 1. The minimum Gasteiger partial charge on any atom is -0.393 e. The Hall–Kier alpha value is -2.83. The Morgan fingerprint density at radius 3 is 2.85 bits per heavy atom. The van der Waals surface area contributed by atoms with E-state index in [1.165, 1.54) is 0 Å². The summed E-state index contributed by atoms with van der Waals surface area (Å²) in [6.45, 7) is 0. The molecule has 7 nitrogen and oxygen atoms in total. The van der Waals surface area contributed by atoms with E-state index in [4.69, 9.17) is 0 Å². The Morgan fingerprint density at radius 1 is 1.20 bits per heavy atom. The molecule has 0 amide bonds. The average Bonchev–Trinajstić information content (AvgIpc) is 3.05. The number of fused-ring (bicyclic) bond motifs is 1. The van der Waals surface area contributed by atoms with E-state index >= 15 is 0 Å². The van der Waals surface area contributed by atoms with Gasteiger partial charge in [0.1, 0.15) is 0 Å². The molecule has 0 bridgehead atoms. The van der Waals surface area contributed by atoms with Crippen molar-refractivity contribution in [1.29, 1.82) is 0 Å². The lowest BCUT2D eigenvalue weighted by molar-refractivity contribution is 0.768. The molecule has 102 valence electrons. The van der Waals surface area contributed by atoms with E-state index in [-0.39, 0.29) is 0 Å². The zero-order chi connectivity index (χ0) is 13.9. The molecular formula is C13H15N7. The molecule has 3 heterocycles. The van der Waals surface area contributed by atoms with Crippen molar-refractivity contribution in [3.63, 3.8) is 0 Å². The van der Waals surface area contributed by atoms with Crippen LogP contribution in [-0.2, 0) is 7.05 Å². The third-order valence-corrected chi connectivity index (χ3v) is 2.90. The lowest BCUT2D eigenvalue weighted by Gasteiger charge is -2.03. The molecule has 0 spiro atoms. The maximum absolute atomic E-state index is 4.43. The van der Waals surface area contributed by atoms with E-state index in [1.807, 2.05) is 43.3 Å². The smallest absolute Gasteiger partial charge is 0.180 e. The molecular weight excluding hydrogens is 254 g/mol. The third-order valence-electron chi connectivity index (χ3n) is 2.90. The second-order valence-corrected chi connectivity index (χ2v) is 4.28. The highest BCUT2D eigenvalue weighted by atomic mass is 15.2. The first-order chi connectivity index (χ1) is 9.79. The Kier molecular flexibility index (Phi) is 3.08. The third kappa shape index (κ3) is 2.09. The molecule has 0 aromatic carbocycles. The first-order valence-corrected chi connectivity index (χ1v) is 6.19. The van der Waals surface area contributed by atoms with Gasteiger partial charge in [0.05, 0.1) is 18.1 Å². The predicted octanol–water partition coefficient (Wildman–Crippen LogP) is 1.23. The fraction of sp³-hybridized carbons (Fsp3) is 0.154. The summed E-state index contributed by atoms with van der Waals surface area (Å²) < 4.78 is 3.75. The summed E-state index contributed by atoms with van der Waals surface area (Å²) in [6.07, 6.45) is 12.8. The molecule has 0 saturated carbocycles. The standard InChI is InChI=1S/C13H15N7/c1-14-3-4-15-12-13-17-8-11(20(13)6-5-16-12)10-7-18-19(2)9-10/h3-9,14H,1-2H3,(H,15,16)/b4-3-. The molecule has 3 aromatic heterocycles. The number of hydrogen-bond donors (Lipinski definition) is 2. The van der Waals surface area contributed by atoms with Crippen LogP contribution in [0, 0.1) is 0 Å². The maximum atomic E-state index is 4.43. The molecule has 0 atom stereocenters. The Morgan fingerprint density at radius 2 is 2.10 bits per heavy atom. The van der Waals surface area contributed by atoms with Crippen LogP contribution in [0.1, 0.15) is 0 Å². The summed E-state index contributed by atoms with van der Waals surface area (Å²) in [6, 6.07) is 0. The second kappa shape index (κ2) is 5.04. The molecule has 0 radical (unpaired) electrons. The number of nitrogens with one attached hydrogen (secondary N) is 2. The van der Waals surface area contributed by atoms with Crippen LogP contribution in [0.5, 0.6) is 0 Å². The maximum Gasteiger partial charge on any atom is 0.180 e. The van der Waals surface area contributed by atoms with E-state index in [1.54, 1.807) is 23.3 Å². The fourth-order valence-electron chi connectivity index (χ4n) is 1.99. The van der Waals surface area contributed by atoms with Gasteiger partial charge in [0.25, 0.3) is 0 Å². The SMILES string of the molecule is CN/C=C\Nc1nccn2c(-c3cnn(C)c3)cnc12. The van der Waals surface area contributed by atoms with Crippen LogP contribution in [0.15, 0.2) is 43.4 Å². The number of nitrogens with zero attached hydrogens (tertiary/aromatic N) is 5. The van der Waals surface area contributed by atoms with Crippen molar-refractivity contribution in [3.05, 3.63) is 43.4 Å². The van der Waals surface area contributed by atoms with Crippen LogP contribution in [0.4, 0.5) is 5.82 Å². The van der Waals surface area contributed by atoms with Crippen LogP contribution in [0.2, 0.25) is 0 Å². The summed E-state index contributed by atoms with van der Waals surface area (Å²) >= 11 is 0. The summed E-state index contributed by atoms with van der Waals surface area (Å²) in [5.41, 5.74) is 2.77. The van der Waals surface area contributed by atoms with Gasteiger partial charge in [-0.15, -0.1) is 0 Å². The zero-order valence-electron chi connectivity index (χ0n) is 11.3. The minimum absolute atomic E-state index is 0.703. The van der Waals surface area contributed by atoms with Crippen LogP contribution >= 0.6 is 0 Å². The minimum atomic E-state index is 0.703. The largest absolute Gasteiger partial charge is 0.393 e. The molecule has 20 heavy (non-hydrogen) atoms. The van der Waals surface area contributed by atoms with Crippen molar-refractivity contribution in [2.24, 2.45) is 7.05 Å². The summed E-state index contributed by atoms with van der Waals surface area (Å²) in [4.78, 5) is 8.73. The summed E-state index contributed by atoms with van der Waals surface area (Å²) in [5.74, 6) is 0.703. The first kappa shape index (κ1) is 12.2. The molecule has 2 N–H and O–H groups in total.